The molecule has 0 saturated heterocycles. The lowest BCUT2D eigenvalue weighted by atomic mass is 9.68. The van der Waals surface area contributed by atoms with Gasteiger partial charge in [-0.15, -0.1) is 0 Å². The molecular weight excluding hydrogens is 813 g/mol. The molecule has 310 valence electrons. The van der Waals surface area contributed by atoms with E-state index in [-0.39, 0.29) is 0 Å². The first-order valence-corrected chi connectivity index (χ1v) is 22.6. The van der Waals surface area contributed by atoms with E-state index in [0.29, 0.717) is 11.3 Å². The van der Waals surface area contributed by atoms with Gasteiger partial charge in [0.25, 0.3) is 0 Å². The summed E-state index contributed by atoms with van der Waals surface area (Å²) in [5.74, 6) is 0. The van der Waals surface area contributed by atoms with Gasteiger partial charge in [-0.1, -0.05) is 152 Å². The number of anilines is 6. The second-order valence-corrected chi connectivity index (χ2v) is 17.4. The third-order valence-electron chi connectivity index (χ3n) is 14.0. The molecule has 0 heterocycles. The summed E-state index contributed by atoms with van der Waals surface area (Å²) < 4.78 is 0. The summed E-state index contributed by atoms with van der Waals surface area (Å²) in [7, 11) is 0. The second kappa shape index (κ2) is 14.9. The van der Waals surface area contributed by atoms with E-state index in [1.54, 1.807) is 0 Å². The van der Waals surface area contributed by atoms with E-state index < -0.39 is 5.41 Å². The van der Waals surface area contributed by atoms with E-state index in [4.69, 9.17) is 6.57 Å². The predicted molar refractivity (Wildman–Crippen MR) is 276 cm³/mol. The lowest BCUT2D eigenvalue weighted by Crippen LogP contribution is -2.26. The van der Waals surface area contributed by atoms with Gasteiger partial charge < -0.3 is 9.80 Å². The topological polar surface area (TPSA) is 34.6 Å². The lowest BCUT2D eigenvalue weighted by Gasteiger charge is -2.33. The van der Waals surface area contributed by atoms with Gasteiger partial charge in [-0.25, -0.2) is 4.85 Å². The van der Waals surface area contributed by atoms with Gasteiger partial charge in [0.05, 0.1) is 23.6 Å². The molecule has 0 aromatic heterocycles. The highest BCUT2D eigenvalue weighted by molar-refractivity contribution is 6.22. The molecule has 0 fully saturated rings. The molecule has 0 amide bonds. The van der Waals surface area contributed by atoms with Crippen molar-refractivity contribution in [1.29, 1.82) is 5.26 Å². The van der Waals surface area contributed by atoms with Crippen molar-refractivity contribution >= 4 is 72.1 Å². The van der Waals surface area contributed by atoms with Crippen LogP contribution < -0.4 is 9.80 Å². The molecule has 1 spiro atoms. The normalized spacial score (nSPS) is 12.6. The quantitative estimate of drug-likeness (QED) is 0.123. The molecule has 0 atom stereocenters. The maximum absolute atomic E-state index is 9.99. The number of nitriles is 1. The SMILES string of the molecule is [C-]#[N+]c1cccc(N(c2ccccc2)c2ccc3c4c(ccc3c2)-c2c(c3ccc(N(c5ccccc5)c5cccc(C#N)c5)cc3c3ccccc23)C42c3ccccc3-c3ccccc32)c1. The standard InChI is InChI=1S/C63H38N4/c1-65-43-17-15-23-47(38-43)67(45-20-6-3-7-21-45)48-31-34-50-42(37-48)30-33-56-60-54-27-9-8-24-51(54)57-39-49(66(44-18-4-2-5-19-44)46-22-14-16-41(36-46)40-64)32-35-55(57)62(60)63(61(50)56)58-28-12-10-25-52(58)53-26-11-13-29-59(53)63/h2-39H. The Kier molecular flexibility index (Phi) is 8.52. The molecule has 13 rings (SSSR count). The van der Waals surface area contributed by atoms with Gasteiger partial charge >= 0.3 is 0 Å². The maximum atomic E-state index is 9.99. The summed E-state index contributed by atoms with van der Waals surface area (Å²) in [6.07, 6.45) is 0. The van der Waals surface area contributed by atoms with Gasteiger partial charge in [-0.05, 0) is 156 Å². The zero-order chi connectivity index (χ0) is 44.6. The van der Waals surface area contributed by atoms with Crippen LogP contribution in [0.4, 0.5) is 39.8 Å². The fourth-order valence-corrected chi connectivity index (χ4v) is 11.4. The second-order valence-electron chi connectivity index (χ2n) is 17.4. The monoisotopic (exact) mass is 850 g/mol. The molecule has 0 unspecified atom stereocenters. The highest BCUT2D eigenvalue weighted by Crippen LogP contribution is 2.67. The molecule has 4 heteroatoms. The first-order chi connectivity index (χ1) is 33.1. The Balaban J connectivity index is 1.12. The minimum atomic E-state index is -0.647. The van der Waals surface area contributed by atoms with Crippen molar-refractivity contribution in [2.75, 3.05) is 9.80 Å². The molecule has 0 aliphatic heterocycles. The molecule has 0 radical (unpaired) electrons. The van der Waals surface area contributed by atoms with Gasteiger partial charge in [-0.3, -0.25) is 0 Å². The first-order valence-electron chi connectivity index (χ1n) is 22.6. The van der Waals surface area contributed by atoms with Crippen LogP contribution in [0.15, 0.2) is 231 Å². The van der Waals surface area contributed by atoms with Crippen LogP contribution >= 0.6 is 0 Å². The summed E-state index contributed by atoms with van der Waals surface area (Å²) in [6, 6.07) is 84.5. The largest absolute Gasteiger partial charge is 0.312 e. The molecule has 11 aromatic carbocycles. The van der Waals surface area contributed by atoms with Crippen molar-refractivity contribution in [1.82, 2.24) is 0 Å². The lowest BCUT2D eigenvalue weighted by molar-refractivity contribution is 0.809. The zero-order valence-corrected chi connectivity index (χ0v) is 36.2. The molecule has 4 nitrogen and oxygen atoms in total. The van der Waals surface area contributed by atoms with Crippen molar-refractivity contribution in [3.05, 3.63) is 270 Å². The number of para-hydroxylation sites is 2. The smallest absolute Gasteiger partial charge is 0.189 e. The van der Waals surface area contributed by atoms with Gasteiger partial charge in [0, 0.05) is 34.1 Å². The van der Waals surface area contributed by atoms with Crippen LogP contribution in [0.5, 0.6) is 0 Å². The number of hydrogen-bond donors (Lipinski definition) is 0. The summed E-state index contributed by atoms with van der Waals surface area (Å²) in [4.78, 5) is 8.30. The van der Waals surface area contributed by atoms with E-state index in [1.807, 2.05) is 48.5 Å². The van der Waals surface area contributed by atoms with E-state index in [0.717, 1.165) is 39.5 Å². The Labute approximate surface area is 388 Å². The highest BCUT2D eigenvalue weighted by atomic mass is 15.1. The third kappa shape index (κ3) is 5.58. The number of benzene rings is 11. The van der Waals surface area contributed by atoms with Crippen LogP contribution in [-0.2, 0) is 5.41 Å². The minimum Gasteiger partial charge on any atom is -0.312 e. The molecule has 2 aliphatic rings. The molecule has 67 heavy (non-hydrogen) atoms. The predicted octanol–water partition coefficient (Wildman–Crippen LogP) is 16.9. The number of hydrogen-bond acceptors (Lipinski definition) is 3. The number of rotatable bonds is 6. The van der Waals surface area contributed by atoms with Gasteiger partial charge in [0.2, 0.25) is 0 Å². The van der Waals surface area contributed by atoms with Crippen LogP contribution in [-0.4, -0.2) is 0 Å². The zero-order valence-electron chi connectivity index (χ0n) is 36.2. The van der Waals surface area contributed by atoms with Crippen molar-refractivity contribution in [2.45, 2.75) is 5.41 Å². The molecule has 0 saturated carbocycles. The van der Waals surface area contributed by atoms with Crippen molar-refractivity contribution in [3.8, 4) is 28.3 Å². The van der Waals surface area contributed by atoms with Crippen LogP contribution in [0.1, 0.15) is 27.8 Å². The Morgan fingerprint density at radius 3 is 1.61 bits per heavy atom. The van der Waals surface area contributed by atoms with E-state index >= 15 is 0 Å². The molecule has 0 N–H and O–H groups in total. The Bertz CT molecular complexity index is 3870. The molecule has 11 aromatic rings. The highest BCUT2D eigenvalue weighted by Gasteiger charge is 2.53. The first kappa shape index (κ1) is 38.3. The van der Waals surface area contributed by atoms with E-state index in [2.05, 4.69) is 203 Å². The van der Waals surface area contributed by atoms with Crippen LogP contribution in [0.25, 0.3) is 59.4 Å². The average Bonchev–Trinajstić information content (AvgIpc) is 3.88. The van der Waals surface area contributed by atoms with Crippen molar-refractivity contribution in [3.63, 3.8) is 0 Å². The van der Waals surface area contributed by atoms with Crippen LogP contribution in [0.2, 0.25) is 0 Å². The van der Waals surface area contributed by atoms with Crippen molar-refractivity contribution in [2.24, 2.45) is 0 Å². The maximum Gasteiger partial charge on any atom is 0.189 e. The van der Waals surface area contributed by atoms with Crippen molar-refractivity contribution < 1.29 is 0 Å². The fourth-order valence-electron chi connectivity index (χ4n) is 11.4. The molecular formula is C63H38N4. The number of fused-ring (bicyclic) bond motifs is 17. The Hall–Kier alpha value is -9.22. The number of nitrogens with zero attached hydrogens (tertiary/aromatic N) is 4. The Morgan fingerprint density at radius 1 is 0.388 bits per heavy atom. The molecule has 0 bridgehead atoms. The summed E-state index contributed by atoms with van der Waals surface area (Å²) in [5, 5.41) is 17.1. The average molecular weight is 851 g/mol. The minimum absolute atomic E-state index is 0.600. The molecule has 2 aliphatic carbocycles. The van der Waals surface area contributed by atoms with Crippen LogP contribution in [0.3, 0.4) is 0 Å². The van der Waals surface area contributed by atoms with E-state index in [9.17, 15) is 5.26 Å². The van der Waals surface area contributed by atoms with Crippen LogP contribution in [0, 0.1) is 17.9 Å². The van der Waals surface area contributed by atoms with Gasteiger partial charge in [-0.2, -0.15) is 5.26 Å². The van der Waals surface area contributed by atoms with Gasteiger partial charge in [0.15, 0.2) is 5.69 Å². The fraction of sp³-hybridized carbons (Fsp3) is 0.0159. The summed E-state index contributed by atoms with van der Waals surface area (Å²) in [5.41, 5.74) is 16.7. The third-order valence-corrected chi connectivity index (χ3v) is 14.0. The summed E-state index contributed by atoms with van der Waals surface area (Å²) in [6.45, 7) is 7.82. The van der Waals surface area contributed by atoms with E-state index in [1.165, 1.54) is 71.4 Å². The summed E-state index contributed by atoms with van der Waals surface area (Å²) >= 11 is 0. The van der Waals surface area contributed by atoms with Gasteiger partial charge in [0.1, 0.15) is 0 Å². The Morgan fingerprint density at radius 2 is 0.940 bits per heavy atom.